The molecule has 0 spiro atoms. The quantitative estimate of drug-likeness (QED) is 0.850. The minimum absolute atomic E-state index is 0.0443. The van der Waals surface area contributed by atoms with Crippen LogP contribution in [0, 0.1) is 13.8 Å². The molecule has 0 aliphatic carbocycles. The number of nitrogens with zero attached hydrogens (tertiary/aromatic N) is 2. The van der Waals surface area contributed by atoms with E-state index in [0.29, 0.717) is 12.3 Å². The van der Waals surface area contributed by atoms with Crippen molar-refractivity contribution in [3.63, 3.8) is 0 Å². The summed E-state index contributed by atoms with van der Waals surface area (Å²) in [5.41, 5.74) is 2.08. The molecule has 106 valence electrons. The summed E-state index contributed by atoms with van der Waals surface area (Å²) < 4.78 is 5.48. The maximum Gasteiger partial charge on any atom is 0.260 e. The van der Waals surface area contributed by atoms with Crippen LogP contribution in [-0.2, 0) is 11.3 Å². The summed E-state index contributed by atoms with van der Waals surface area (Å²) in [5, 5.41) is 2.98. The van der Waals surface area contributed by atoms with Gasteiger partial charge in [-0.05, 0) is 26.0 Å². The van der Waals surface area contributed by atoms with Crippen LogP contribution in [0.25, 0.3) is 0 Å². The number of aromatic nitrogens is 1. The highest BCUT2D eigenvalue weighted by Crippen LogP contribution is 2.12. The second kappa shape index (κ2) is 6.52. The Morgan fingerprint density at radius 3 is 2.60 bits per heavy atom. The molecule has 0 aliphatic heterocycles. The third-order valence-corrected chi connectivity index (χ3v) is 3.70. The molecule has 2 rings (SSSR count). The Morgan fingerprint density at radius 1 is 1.30 bits per heavy atom. The largest absolute Gasteiger partial charge is 0.484 e. The zero-order valence-corrected chi connectivity index (χ0v) is 12.7. The van der Waals surface area contributed by atoms with Gasteiger partial charge in [-0.15, -0.1) is 11.3 Å². The molecule has 1 aromatic carbocycles. The molecular formula is C15H18N2O2S. The average Bonchev–Trinajstić information content (AvgIpc) is 2.83. The first-order chi connectivity index (χ1) is 9.54. The molecule has 0 aliphatic rings. The Kier molecular flexibility index (Phi) is 4.74. The van der Waals surface area contributed by atoms with Gasteiger partial charge in [0, 0.05) is 12.4 Å². The van der Waals surface area contributed by atoms with Crippen molar-refractivity contribution in [2.24, 2.45) is 0 Å². The molecule has 4 nitrogen and oxygen atoms in total. The number of thiazole rings is 1. The van der Waals surface area contributed by atoms with E-state index >= 15 is 0 Å². The van der Waals surface area contributed by atoms with Gasteiger partial charge in [0.05, 0.1) is 17.2 Å². The predicted molar refractivity (Wildman–Crippen MR) is 80.0 cm³/mol. The number of aryl methyl sites for hydroxylation is 2. The van der Waals surface area contributed by atoms with Crippen molar-refractivity contribution >= 4 is 17.2 Å². The van der Waals surface area contributed by atoms with Gasteiger partial charge in [0.25, 0.3) is 5.91 Å². The highest BCUT2D eigenvalue weighted by atomic mass is 32.1. The first-order valence-electron chi connectivity index (χ1n) is 6.39. The fourth-order valence-electron chi connectivity index (χ4n) is 1.70. The van der Waals surface area contributed by atoms with Gasteiger partial charge in [0.1, 0.15) is 5.75 Å². The fourth-order valence-corrected chi connectivity index (χ4v) is 2.31. The molecule has 0 fully saturated rings. The van der Waals surface area contributed by atoms with Crippen molar-refractivity contribution in [3.8, 4) is 5.75 Å². The number of likely N-dealkylation sites (N-methyl/N-ethyl adjacent to an activating group) is 1. The Labute approximate surface area is 123 Å². The molecule has 1 aromatic heterocycles. The molecule has 20 heavy (non-hydrogen) atoms. The molecule has 0 unspecified atom stereocenters. The van der Waals surface area contributed by atoms with Gasteiger partial charge in [-0.25, -0.2) is 4.98 Å². The van der Waals surface area contributed by atoms with E-state index in [1.807, 2.05) is 43.5 Å². The molecule has 1 heterocycles. The lowest BCUT2D eigenvalue weighted by Gasteiger charge is -2.16. The van der Waals surface area contributed by atoms with Crippen LogP contribution < -0.4 is 4.74 Å². The molecule has 0 radical (unpaired) electrons. The lowest BCUT2D eigenvalue weighted by molar-refractivity contribution is -0.132. The first-order valence-corrected chi connectivity index (χ1v) is 7.27. The molecule has 0 saturated heterocycles. The second-order valence-corrected chi connectivity index (χ2v) is 5.77. The third kappa shape index (κ3) is 4.06. The van der Waals surface area contributed by atoms with E-state index in [0.717, 1.165) is 10.7 Å². The minimum Gasteiger partial charge on any atom is -0.484 e. The average molecular weight is 290 g/mol. The molecule has 0 N–H and O–H groups in total. The van der Waals surface area contributed by atoms with Gasteiger partial charge in [-0.1, -0.05) is 17.7 Å². The molecule has 1 amide bonds. The number of hydrogen-bond donors (Lipinski definition) is 0. The van der Waals surface area contributed by atoms with Crippen molar-refractivity contribution in [2.75, 3.05) is 13.7 Å². The standard InChI is InChI=1S/C15H18N2O2S/c1-11-4-6-14(7-5-11)19-9-15(18)17(3)8-13-10-20-12(2)16-13/h4-7,10H,8-9H2,1-3H3. The number of ether oxygens (including phenoxy) is 1. The summed E-state index contributed by atoms with van der Waals surface area (Å²) in [4.78, 5) is 17.9. The van der Waals surface area contributed by atoms with Crippen molar-refractivity contribution < 1.29 is 9.53 Å². The van der Waals surface area contributed by atoms with Gasteiger partial charge in [0.15, 0.2) is 6.61 Å². The number of amides is 1. The summed E-state index contributed by atoms with van der Waals surface area (Å²) in [6, 6.07) is 7.65. The smallest absolute Gasteiger partial charge is 0.260 e. The number of hydrogen-bond acceptors (Lipinski definition) is 4. The van der Waals surface area contributed by atoms with Crippen LogP contribution in [0.2, 0.25) is 0 Å². The Morgan fingerprint density at radius 2 is 2.00 bits per heavy atom. The molecule has 5 heteroatoms. The van der Waals surface area contributed by atoms with E-state index < -0.39 is 0 Å². The van der Waals surface area contributed by atoms with Gasteiger partial charge in [-0.3, -0.25) is 4.79 Å². The second-order valence-electron chi connectivity index (χ2n) is 4.71. The van der Waals surface area contributed by atoms with Crippen LogP contribution >= 0.6 is 11.3 Å². The number of carbonyl (C=O) groups is 1. The van der Waals surface area contributed by atoms with Crippen LogP contribution in [-0.4, -0.2) is 29.4 Å². The summed E-state index contributed by atoms with van der Waals surface area (Å²) in [5.74, 6) is 0.651. The number of benzene rings is 1. The van der Waals surface area contributed by atoms with E-state index in [2.05, 4.69) is 4.98 Å². The topological polar surface area (TPSA) is 42.4 Å². The Bertz CT molecular complexity index is 578. The van der Waals surface area contributed by atoms with Gasteiger partial charge in [-0.2, -0.15) is 0 Å². The van der Waals surface area contributed by atoms with Crippen LogP contribution in [0.15, 0.2) is 29.6 Å². The number of rotatable bonds is 5. The van der Waals surface area contributed by atoms with Crippen LogP contribution in [0.4, 0.5) is 0 Å². The predicted octanol–water partition coefficient (Wildman–Crippen LogP) is 2.80. The van der Waals surface area contributed by atoms with Crippen LogP contribution in [0.5, 0.6) is 5.75 Å². The van der Waals surface area contributed by atoms with Crippen LogP contribution in [0.1, 0.15) is 16.3 Å². The normalized spacial score (nSPS) is 10.3. The Hall–Kier alpha value is -1.88. The molecule has 0 atom stereocenters. The zero-order valence-electron chi connectivity index (χ0n) is 11.9. The van der Waals surface area contributed by atoms with E-state index in [4.69, 9.17) is 4.74 Å². The molecule has 2 aromatic rings. The van der Waals surface area contributed by atoms with Crippen molar-refractivity contribution in [1.82, 2.24) is 9.88 Å². The van der Waals surface area contributed by atoms with Gasteiger partial charge >= 0.3 is 0 Å². The van der Waals surface area contributed by atoms with Crippen molar-refractivity contribution in [1.29, 1.82) is 0 Å². The molecular weight excluding hydrogens is 272 g/mol. The zero-order chi connectivity index (χ0) is 14.5. The Balaban J connectivity index is 1.83. The third-order valence-electron chi connectivity index (χ3n) is 2.87. The fraction of sp³-hybridized carbons (Fsp3) is 0.333. The maximum atomic E-state index is 12.0. The molecule has 0 bridgehead atoms. The lowest BCUT2D eigenvalue weighted by atomic mass is 10.2. The SMILES string of the molecule is Cc1ccc(OCC(=O)N(C)Cc2csc(C)n2)cc1. The van der Waals surface area contributed by atoms with Gasteiger partial charge in [0.2, 0.25) is 0 Å². The highest BCUT2D eigenvalue weighted by Gasteiger charge is 2.11. The summed E-state index contributed by atoms with van der Waals surface area (Å²) in [6.07, 6.45) is 0. The highest BCUT2D eigenvalue weighted by molar-refractivity contribution is 7.09. The van der Waals surface area contributed by atoms with E-state index in [-0.39, 0.29) is 12.5 Å². The molecule has 0 saturated carbocycles. The van der Waals surface area contributed by atoms with E-state index in [1.54, 1.807) is 23.3 Å². The number of carbonyl (C=O) groups excluding carboxylic acids is 1. The monoisotopic (exact) mass is 290 g/mol. The van der Waals surface area contributed by atoms with E-state index in [9.17, 15) is 4.79 Å². The van der Waals surface area contributed by atoms with E-state index in [1.165, 1.54) is 5.56 Å². The van der Waals surface area contributed by atoms with Crippen molar-refractivity contribution in [2.45, 2.75) is 20.4 Å². The lowest BCUT2D eigenvalue weighted by Crippen LogP contribution is -2.31. The van der Waals surface area contributed by atoms with Crippen molar-refractivity contribution in [3.05, 3.63) is 45.9 Å². The minimum atomic E-state index is -0.0590. The summed E-state index contributed by atoms with van der Waals surface area (Å²) in [7, 11) is 1.76. The first kappa shape index (κ1) is 14.5. The maximum absolute atomic E-state index is 12.0. The van der Waals surface area contributed by atoms with Gasteiger partial charge < -0.3 is 9.64 Å². The van der Waals surface area contributed by atoms with Crippen LogP contribution in [0.3, 0.4) is 0 Å². The summed E-state index contributed by atoms with van der Waals surface area (Å²) >= 11 is 1.59. The summed E-state index contributed by atoms with van der Waals surface area (Å²) in [6.45, 7) is 4.53.